The van der Waals surface area contributed by atoms with Gasteiger partial charge in [0.15, 0.2) is 0 Å². The Morgan fingerprint density at radius 1 is 0.867 bits per heavy atom. The van der Waals surface area contributed by atoms with Crippen LogP contribution in [0.5, 0.6) is 0 Å². The Morgan fingerprint density at radius 3 is 2.20 bits per heavy atom. The van der Waals surface area contributed by atoms with Crippen molar-refractivity contribution >= 4 is 11.6 Å². The molecule has 0 saturated heterocycles. The molecular weight excluding hydrogens is 218 g/mol. The first-order valence-electron chi connectivity index (χ1n) is 4.38. The zero-order chi connectivity index (χ0) is 10.8. The third-order valence-corrected chi connectivity index (χ3v) is 2.40. The summed E-state index contributed by atoms with van der Waals surface area (Å²) < 4.78 is 26.2. The van der Waals surface area contributed by atoms with Gasteiger partial charge < -0.3 is 0 Å². The van der Waals surface area contributed by atoms with Crippen LogP contribution in [0.4, 0.5) is 8.78 Å². The first-order chi connectivity index (χ1) is 7.18. The van der Waals surface area contributed by atoms with Crippen molar-refractivity contribution in [2.45, 2.75) is 0 Å². The van der Waals surface area contributed by atoms with E-state index in [4.69, 9.17) is 11.6 Å². The Hall–Kier alpha value is -1.41. The van der Waals surface area contributed by atoms with Gasteiger partial charge in [0.25, 0.3) is 0 Å². The summed E-state index contributed by atoms with van der Waals surface area (Å²) in [7, 11) is 0. The average Bonchev–Trinajstić information content (AvgIpc) is 2.24. The molecule has 0 aliphatic rings. The van der Waals surface area contributed by atoms with Crippen molar-refractivity contribution < 1.29 is 8.78 Å². The summed E-state index contributed by atoms with van der Waals surface area (Å²) in [5.74, 6) is -0.827. The summed E-state index contributed by atoms with van der Waals surface area (Å²) >= 11 is 5.65. The highest BCUT2D eigenvalue weighted by Gasteiger charge is 2.07. The minimum Gasteiger partial charge on any atom is -0.207 e. The molecule has 0 nitrogen and oxygen atoms in total. The second kappa shape index (κ2) is 3.99. The van der Waals surface area contributed by atoms with Crippen molar-refractivity contribution in [3.05, 3.63) is 59.1 Å². The first-order valence-corrected chi connectivity index (χ1v) is 4.76. The van der Waals surface area contributed by atoms with Crippen molar-refractivity contribution in [3.8, 4) is 11.1 Å². The summed E-state index contributed by atoms with van der Waals surface area (Å²) in [6.07, 6.45) is 0. The van der Waals surface area contributed by atoms with E-state index < -0.39 is 5.82 Å². The van der Waals surface area contributed by atoms with Crippen LogP contribution in [0.25, 0.3) is 11.1 Å². The molecule has 0 N–H and O–H groups in total. The topological polar surface area (TPSA) is 0 Å². The van der Waals surface area contributed by atoms with E-state index in [1.165, 1.54) is 30.3 Å². The molecule has 0 aliphatic heterocycles. The van der Waals surface area contributed by atoms with Gasteiger partial charge in [-0.1, -0.05) is 35.9 Å². The third-order valence-electron chi connectivity index (χ3n) is 2.11. The summed E-state index contributed by atoms with van der Waals surface area (Å²) in [5.41, 5.74) is 0.985. The molecule has 0 radical (unpaired) electrons. The Morgan fingerprint density at radius 2 is 1.53 bits per heavy atom. The maximum atomic E-state index is 13.6. The zero-order valence-corrected chi connectivity index (χ0v) is 8.43. The van der Waals surface area contributed by atoms with E-state index in [9.17, 15) is 8.78 Å². The standard InChI is InChI=1S/C12H7ClF2/c13-11-3-1-2-10(12(11)15)8-4-6-9(14)7-5-8/h1-7H. The van der Waals surface area contributed by atoms with Gasteiger partial charge in [-0.2, -0.15) is 0 Å². The van der Waals surface area contributed by atoms with Gasteiger partial charge in [-0.25, -0.2) is 8.78 Å². The van der Waals surface area contributed by atoms with Crippen LogP contribution in [0.3, 0.4) is 0 Å². The quantitative estimate of drug-likeness (QED) is 0.678. The molecule has 0 aromatic heterocycles. The van der Waals surface area contributed by atoms with Crippen molar-refractivity contribution in [3.63, 3.8) is 0 Å². The van der Waals surface area contributed by atoms with E-state index in [2.05, 4.69) is 0 Å². The lowest BCUT2D eigenvalue weighted by Crippen LogP contribution is -1.85. The molecule has 0 fully saturated rings. The van der Waals surface area contributed by atoms with Gasteiger partial charge in [-0.05, 0) is 23.8 Å². The van der Waals surface area contributed by atoms with Crippen molar-refractivity contribution in [2.75, 3.05) is 0 Å². The van der Waals surface area contributed by atoms with E-state index in [0.29, 0.717) is 11.1 Å². The van der Waals surface area contributed by atoms with Crippen molar-refractivity contribution in [1.29, 1.82) is 0 Å². The molecule has 0 unspecified atom stereocenters. The van der Waals surface area contributed by atoms with Gasteiger partial charge in [0.2, 0.25) is 0 Å². The van der Waals surface area contributed by atoms with Crippen molar-refractivity contribution in [2.24, 2.45) is 0 Å². The van der Waals surface area contributed by atoms with Crippen molar-refractivity contribution in [1.82, 2.24) is 0 Å². The molecular formula is C12H7ClF2. The molecule has 0 aliphatic carbocycles. The van der Waals surface area contributed by atoms with Gasteiger partial charge in [0, 0.05) is 5.56 Å². The highest BCUT2D eigenvalue weighted by atomic mass is 35.5. The van der Waals surface area contributed by atoms with Crippen LogP contribution >= 0.6 is 11.6 Å². The predicted octanol–water partition coefficient (Wildman–Crippen LogP) is 4.29. The minimum atomic E-state index is -0.481. The molecule has 3 heteroatoms. The zero-order valence-electron chi connectivity index (χ0n) is 7.68. The number of halogens is 3. The van der Waals surface area contributed by atoms with E-state index in [1.54, 1.807) is 12.1 Å². The number of rotatable bonds is 1. The summed E-state index contributed by atoms with van der Waals surface area (Å²) in [6, 6.07) is 10.3. The van der Waals surface area contributed by atoms with Gasteiger partial charge >= 0.3 is 0 Å². The lowest BCUT2D eigenvalue weighted by atomic mass is 10.1. The molecule has 0 spiro atoms. The van der Waals surface area contributed by atoms with Crippen LogP contribution in [-0.2, 0) is 0 Å². The molecule has 2 rings (SSSR count). The largest absolute Gasteiger partial charge is 0.207 e. The molecule has 15 heavy (non-hydrogen) atoms. The van der Waals surface area contributed by atoms with Gasteiger partial charge in [-0.15, -0.1) is 0 Å². The third kappa shape index (κ3) is 2.00. The van der Waals surface area contributed by atoms with Crippen LogP contribution in [0.1, 0.15) is 0 Å². The van der Waals surface area contributed by atoms with E-state index in [0.717, 1.165) is 0 Å². The molecule has 0 atom stereocenters. The molecule has 2 aromatic rings. The Kier molecular flexibility index (Phi) is 2.69. The summed E-state index contributed by atoms with van der Waals surface area (Å²) in [4.78, 5) is 0. The van der Waals surface area contributed by atoms with Gasteiger partial charge in [-0.3, -0.25) is 0 Å². The number of hydrogen-bond donors (Lipinski definition) is 0. The van der Waals surface area contributed by atoms with Crippen LogP contribution < -0.4 is 0 Å². The maximum Gasteiger partial charge on any atom is 0.149 e. The molecule has 76 valence electrons. The van der Waals surface area contributed by atoms with Gasteiger partial charge in [0.1, 0.15) is 11.6 Å². The second-order valence-corrected chi connectivity index (χ2v) is 3.52. The fourth-order valence-corrected chi connectivity index (χ4v) is 1.53. The monoisotopic (exact) mass is 224 g/mol. The van der Waals surface area contributed by atoms with E-state index in [-0.39, 0.29) is 10.8 Å². The Balaban J connectivity index is 2.54. The number of benzene rings is 2. The van der Waals surface area contributed by atoms with E-state index >= 15 is 0 Å². The second-order valence-electron chi connectivity index (χ2n) is 3.11. The summed E-state index contributed by atoms with van der Waals surface area (Å²) in [6.45, 7) is 0. The molecule has 0 amide bonds. The van der Waals surface area contributed by atoms with E-state index in [1.807, 2.05) is 0 Å². The van der Waals surface area contributed by atoms with Crippen LogP contribution in [0.2, 0.25) is 5.02 Å². The Bertz CT molecular complexity index is 477. The number of hydrogen-bond acceptors (Lipinski definition) is 0. The van der Waals surface area contributed by atoms with Crippen LogP contribution in [0, 0.1) is 11.6 Å². The Labute approximate surface area is 91.1 Å². The lowest BCUT2D eigenvalue weighted by molar-refractivity contribution is 0.626. The normalized spacial score (nSPS) is 10.3. The maximum absolute atomic E-state index is 13.6. The lowest BCUT2D eigenvalue weighted by Gasteiger charge is -2.04. The fourth-order valence-electron chi connectivity index (χ4n) is 1.36. The summed E-state index contributed by atoms with van der Waals surface area (Å²) in [5, 5.41) is 0.0665. The average molecular weight is 225 g/mol. The highest BCUT2D eigenvalue weighted by molar-refractivity contribution is 6.31. The minimum absolute atomic E-state index is 0.0665. The molecule has 2 aromatic carbocycles. The van der Waals surface area contributed by atoms with Crippen LogP contribution in [0.15, 0.2) is 42.5 Å². The highest BCUT2D eigenvalue weighted by Crippen LogP contribution is 2.27. The predicted molar refractivity (Wildman–Crippen MR) is 56.8 cm³/mol. The van der Waals surface area contributed by atoms with Crippen LogP contribution in [-0.4, -0.2) is 0 Å². The SMILES string of the molecule is Fc1ccc(-c2cccc(Cl)c2F)cc1. The smallest absolute Gasteiger partial charge is 0.149 e. The molecule has 0 heterocycles. The molecule has 0 bridgehead atoms. The fraction of sp³-hybridized carbons (Fsp3) is 0. The van der Waals surface area contributed by atoms with Gasteiger partial charge in [0.05, 0.1) is 5.02 Å². The first kappa shape index (κ1) is 10.1. The molecule has 0 saturated carbocycles.